The SMILES string of the molecule is O=C(CN1CCn2ccnc2C1)N[C@H]1CCCc2ccccc21. The molecular formula is C18H22N4O. The second-order valence-electron chi connectivity index (χ2n) is 6.46. The van der Waals surface area contributed by atoms with Crippen LogP contribution in [0.15, 0.2) is 36.7 Å². The third kappa shape index (κ3) is 3.01. The number of benzene rings is 1. The molecule has 1 aromatic heterocycles. The monoisotopic (exact) mass is 310 g/mol. The van der Waals surface area contributed by atoms with Gasteiger partial charge in [-0.1, -0.05) is 24.3 Å². The zero-order valence-corrected chi connectivity index (χ0v) is 13.2. The molecule has 1 atom stereocenters. The topological polar surface area (TPSA) is 50.2 Å². The highest BCUT2D eigenvalue weighted by atomic mass is 16.2. The van der Waals surface area contributed by atoms with E-state index in [2.05, 4.69) is 44.0 Å². The fraction of sp³-hybridized carbons (Fsp3) is 0.444. The van der Waals surface area contributed by atoms with E-state index in [4.69, 9.17) is 0 Å². The molecule has 0 spiro atoms. The van der Waals surface area contributed by atoms with E-state index in [1.54, 1.807) is 0 Å². The molecule has 1 aromatic carbocycles. The van der Waals surface area contributed by atoms with Crippen LogP contribution in [0, 0.1) is 0 Å². The molecule has 0 radical (unpaired) electrons. The van der Waals surface area contributed by atoms with Crippen LogP contribution in [-0.2, 0) is 24.3 Å². The molecular weight excluding hydrogens is 288 g/mol. The van der Waals surface area contributed by atoms with Crippen molar-refractivity contribution >= 4 is 5.91 Å². The Morgan fingerprint density at radius 2 is 2.22 bits per heavy atom. The van der Waals surface area contributed by atoms with Crippen LogP contribution < -0.4 is 5.32 Å². The van der Waals surface area contributed by atoms with Crippen LogP contribution >= 0.6 is 0 Å². The molecule has 120 valence electrons. The third-order valence-corrected chi connectivity index (χ3v) is 4.90. The van der Waals surface area contributed by atoms with E-state index in [-0.39, 0.29) is 11.9 Å². The predicted molar refractivity (Wildman–Crippen MR) is 87.8 cm³/mol. The van der Waals surface area contributed by atoms with Crippen molar-refractivity contribution in [1.82, 2.24) is 19.8 Å². The van der Waals surface area contributed by atoms with Gasteiger partial charge >= 0.3 is 0 Å². The van der Waals surface area contributed by atoms with Crippen LogP contribution in [0.4, 0.5) is 0 Å². The highest BCUT2D eigenvalue weighted by molar-refractivity contribution is 5.78. The van der Waals surface area contributed by atoms with Gasteiger partial charge < -0.3 is 9.88 Å². The van der Waals surface area contributed by atoms with Crippen molar-refractivity contribution in [3.8, 4) is 0 Å². The van der Waals surface area contributed by atoms with Crippen LogP contribution in [0.2, 0.25) is 0 Å². The normalized spacial score (nSPS) is 20.6. The first-order valence-electron chi connectivity index (χ1n) is 8.39. The largest absolute Gasteiger partial charge is 0.348 e. The summed E-state index contributed by atoms with van der Waals surface area (Å²) in [5.74, 6) is 1.17. The maximum atomic E-state index is 12.5. The molecule has 5 nitrogen and oxygen atoms in total. The molecule has 2 aromatic rings. The molecule has 1 aliphatic heterocycles. The maximum Gasteiger partial charge on any atom is 0.234 e. The molecule has 0 saturated heterocycles. The Balaban J connectivity index is 1.38. The number of nitrogens with one attached hydrogen (secondary N) is 1. The Morgan fingerprint density at radius 3 is 3.17 bits per heavy atom. The molecule has 0 bridgehead atoms. The van der Waals surface area contributed by atoms with Gasteiger partial charge in [-0.2, -0.15) is 0 Å². The summed E-state index contributed by atoms with van der Waals surface area (Å²) >= 11 is 0. The molecule has 0 unspecified atom stereocenters. The Bertz CT molecular complexity index is 709. The molecule has 4 rings (SSSR count). The lowest BCUT2D eigenvalue weighted by Crippen LogP contribution is -2.42. The first-order valence-corrected chi connectivity index (χ1v) is 8.39. The highest BCUT2D eigenvalue weighted by Crippen LogP contribution is 2.29. The molecule has 5 heteroatoms. The summed E-state index contributed by atoms with van der Waals surface area (Å²) in [5, 5.41) is 3.23. The number of aromatic nitrogens is 2. The van der Waals surface area contributed by atoms with Gasteiger partial charge in [0, 0.05) is 25.5 Å². The molecule has 0 fully saturated rings. The summed E-state index contributed by atoms with van der Waals surface area (Å²) in [7, 11) is 0. The Labute approximate surface area is 136 Å². The third-order valence-electron chi connectivity index (χ3n) is 4.90. The van der Waals surface area contributed by atoms with Gasteiger partial charge in [-0.05, 0) is 30.4 Å². The summed E-state index contributed by atoms with van der Waals surface area (Å²) in [4.78, 5) is 19.0. The number of nitrogens with zero attached hydrogens (tertiary/aromatic N) is 3. The Hall–Kier alpha value is -2.14. The number of carbonyl (C=O) groups is 1. The van der Waals surface area contributed by atoms with Gasteiger partial charge in [-0.15, -0.1) is 0 Å². The minimum Gasteiger partial charge on any atom is -0.348 e. The van der Waals surface area contributed by atoms with E-state index < -0.39 is 0 Å². The average molecular weight is 310 g/mol. The summed E-state index contributed by atoms with van der Waals surface area (Å²) in [6, 6.07) is 8.64. The van der Waals surface area contributed by atoms with E-state index in [1.165, 1.54) is 11.1 Å². The van der Waals surface area contributed by atoms with E-state index in [9.17, 15) is 4.79 Å². The lowest BCUT2D eigenvalue weighted by Gasteiger charge is -2.29. The zero-order valence-electron chi connectivity index (χ0n) is 13.2. The van der Waals surface area contributed by atoms with Gasteiger partial charge in [-0.3, -0.25) is 9.69 Å². The van der Waals surface area contributed by atoms with Gasteiger partial charge in [0.25, 0.3) is 0 Å². The van der Waals surface area contributed by atoms with Gasteiger partial charge in [0.2, 0.25) is 5.91 Å². The van der Waals surface area contributed by atoms with Crippen molar-refractivity contribution in [2.75, 3.05) is 13.1 Å². The van der Waals surface area contributed by atoms with E-state index in [0.29, 0.717) is 6.54 Å². The van der Waals surface area contributed by atoms with Crippen molar-refractivity contribution in [1.29, 1.82) is 0 Å². The lowest BCUT2D eigenvalue weighted by molar-refractivity contribution is -0.123. The minimum atomic E-state index is 0.117. The lowest BCUT2D eigenvalue weighted by atomic mass is 9.88. The molecule has 2 aliphatic rings. The van der Waals surface area contributed by atoms with Crippen molar-refractivity contribution < 1.29 is 4.79 Å². The van der Waals surface area contributed by atoms with Gasteiger partial charge in [0.05, 0.1) is 19.1 Å². The quantitative estimate of drug-likeness (QED) is 0.942. The van der Waals surface area contributed by atoms with Crippen LogP contribution in [0.1, 0.15) is 35.8 Å². The summed E-state index contributed by atoms with van der Waals surface area (Å²) in [5.41, 5.74) is 2.67. The Kier molecular flexibility index (Phi) is 3.87. The maximum absolute atomic E-state index is 12.5. The molecule has 0 saturated carbocycles. The fourth-order valence-electron chi connectivity index (χ4n) is 3.71. The summed E-state index contributed by atoms with van der Waals surface area (Å²) < 4.78 is 2.16. The first-order chi connectivity index (χ1) is 11.3. The summed E-state index contributed by atoms with van der Waals surface area (Å²) in [6.45, 7) is 3.01. The van der Waals surface area contributed by atoms with Gasteiger partial charge in [0.1, 0.15) is 5.82 Å². The van der Waals surface area contributed by atoms with E-state index in [0.717, 1.165) is 44.7 Å². The molecule has 1 aliphatic carbocycles. The number of amides is 1. The molecule has 23 heavy (non-hydrogen) atoms. The fourth-order valence-corrected chi connectivity index (χ4v) is 3.71. The highest BCUT2D eigenvalue weighted by Gasteiger charge is 2.23. The number of aryl methyl sites for hydroxylation is 1. The standard InChI is InChI=1S/C18H22N4O/c23-18(13-21-10-11-22-9-8-19-17(22)12-21)20-16-7-3-5-14-4-1-2-6-15(14)16/h1-2,4,6,8-9,16H,3,5,7,10-13H2,(H,20,23)/t16-/m0/s1. The minimum absolute atomic E-state index is 0.117. The van der Waals surface area contributed by atoms with Gasteiger partial charge in [0.15, 0.2) is 0 Å². The molecule has 1 amide bonds. The van der Waals surface area contributed by atoms with Crippen LogP contribution in [0.25, 0.3) is 0 Å². The Morgan fingerprint density at radius 1 is 1.30 bits per heavy atom. The summed E-state index contributed by atoms with van der Waals surface area (Å²) in [6.07, 6.45) is 7.14. The number of hydrogen-bond donors (Lipinski definition) is 1. The average Bonchev–Trinajstić information content (AvgIpc) is 3.03. The first kappa shape index (κ1) is 14.5. The second-order valence-corrected chi connectivity index (χ2v) is 6.46. The zero-order chi connectivity index (χ0) is 15.6. The number of imidazole rings is 1. The molecule has 2 heterocycles. The number of carbonyl (C=O) groups excluding carboxylic acids is 1. The van der Waals surface area contributed by atoms with Crippen molar-refractivity contribution in [2.24, 2.45) is 0 Å². The van der Waals surface area contributed by atoms with Crippen molar-refractivity contribution in [3.05, 3.63) is 53.6 Å². The van der Waals surface area contributed by atoms with Crippen molar-refractivity contribution in [3.63, 3.8) is 0 Å². The van der Waals surface area contributed by atoms with Crippen LogP contribution in [0.5, 0.6) is 0 Å². The number of rotatable bonds is 3. The number of fused-ring (bicyclic) bond motifs is 2. The van der Waals surface area contributed by atoms with Crippen LogP contribution in [-0.4, -0.2) is 33.4 Å². The van der Waals surface area contributed by atoms with Crippen LogP contribution in [0.3, 0.4) is 0 Å². The smallest absolute Gasteiger partial charge is 0.234 e. The predicted octanol–water partition coefficient (Wildman–Crippen LogP) is 1.89. The van der Waals surface area contributed by atoms with E-state index in [1.807, 2.05) is 12.4 Å². The second kappa shape index (κ2) is 6.16. The van der Waals surface area contributed by atoms with Gasteiger partial charge in [-0.25, -0.2) is 4.98 Å². The number of hydrogen-bond acceptors (Lipinski definition) is 3. The molecule has 1 N–H and O–H groups in total. The van der Waals surface area contributed by atoms with Crippen molar-refractivity contribution in [2.45, 2.75) is 38.4 Å². The van der Waals surface area contributed by atoms with E-state index >= 15 is 0 Å².